The first-order valence-electron chi connectivity index (χ1n) is 4.99. The second kappa shape index (κ2) is 5.67. The van der Waals surface area contributed by atoms with Crippen LogP contribution in [0.25, 0.3) is 0 Å². The Kier molecular flexibility index (Phi) is 4.51. The third-order valence-electron chi connectivity index (χ3n) is 2.25. The first kappa shape index (κ1) is 13.5. The van der Waals surface area contributed by atoms with Gasteiger partial charge in [0.05, 0.1) is 6.54 Å². The highest BCUT2D eigenvalue weighted by Crippen LogP contribution is 2.13. The number of hydrogen-bond donors (Lipinski definition) is 2. The third-order valence-corrected chi connectivity index (χ3v) is 2.25. The number of nitrogen functional groups attached to an aromatic ring is 1. The van der Waals surface area contributed by atoms with Crippen LogP contribution in [0.15, 0.2) is 18.2 Å². The lowest BCUT2D eigenvalue weighted by atomic mass is 10.1. The fourth-order valence-corrected chi connectivity index (χ4v) is 1.53. The molecule has 17 heavy (non-hydrogen) atoms. The molecule has 0 spiro atoms. The van der Waals surface area contributed by atoms with Gasteiger partial charge < -0.3 is 5.73 Å². The second-order valence-electron chi connectivity index (χ2n) is 3.80. The minimum Gasteiger partial charge on any atom is -0.384 e. The zero-order chi connectivity index (χ0) is 13.0. The number of nitrogens with two attached hydrogens (primary N) is 1. The second-order valence-corrected chi connectivity index (χ2v) is 3.80. The first-order chi connectivity index (χ1) is 7.90. The highest BCUT2D eigenvalue weighted by Gasteiger charge is 2.12. The van der Waals surface area contributed by atoms with E-state index in [1.54, 1.807) is 0 Å². The van der Waals surface area contributed by atoms with Crippen LogP contribution in [0.1, 0.15) is 11.1 Å². The van der Waals surface area contributed by atoms with E-state index in [0.29, 0.717) is 5.56 Å². The Balaban J connectivity index is 2.86. The summed E-state index contributed by atoms with van der Waals surface area (Å²) in [6, 6.07) is 3.81. The number of benzene rings is 1. The van der Waals surface area contributed by atoms with Crippen LogP contribution in [0.4, 0.5) is 13.2 Å². The standard InChI is InChI=1S/C11H14F3N3/c1-17(6-10(13)14)5-7-2-3-8(12)4-9(7)11(15)16/h2-4,10H,5-6H2,1H3,(H3,15,16). The number of amidine groups is 1. The van der Waals surface area contributed by atoms with E-state index >= 15 is 0 Å². The predicted octanol–water partition coefficient (Wildman–Crippen LogP) is 1.81. The van der Waals surface area contributed by atoms with Crippen molar-refractivity contribution in [2.75, 3.05) is 13.6 Å². The van der Waals surface area contributed by atoms with Gasteiger partial charge in [-0.25, -0.2) is 13.2 Å². The average molecular weight is 245 g/mol. The SMILES string of the molecule is CN(Cc1ccc(F)cc1C(=N)N)CC(F)F. The highest BCUT2D eigenvalue weighted by atomic mass is 19.3. The van der Waals surface area contributed by atoms with Crippen LogP contribution in [0, 0.1) is 11.2 Å². The molecular weight excluding hydrogens is 231 g/mol. The molecule has 3 nitrogen and oxygen atoms in total. The molecule has 0 unspecified atom stereocenters. The Morgan fingerprint density at radius 2 is 2.12 bits per heavy atom. The maximum Gasteiger partial charge on any atom is 0.251 e. The molecule has 0 aliphatic rings. The van der Waals surface area contributed by atoms with E-state index in [2.05, 4.69) is 0 Å². The van der Waals surface area contributed by atoms with E-state index in [1.807, 2.05) is 0 Å². The average Bonchev–Trinajstić information content (AvgIpc) is 2.19. The zero-order valence-electron chi connectivity index (χ0n) is 9.38. The normalized spacial score (nSPS) is 11.2. The molecular formula is C11H14F3N3. The first-order valence-corrected chi connectivity index (χ1v) is 4.99. The van der Waals surface area contributed by atoms with Crippen LogP contribution in [-0.2, 0) is 6.54 Å². The van der Waals surface area contributed by atoms with Crippen LogP contribution >= 0.6 is 0 Å². The van der Waals surface area contributed by atoms with Crippen molar-refractivity contribution in [3.05, 3.63) is 35.1 Å². The van der Waals surface area contributed by atoms with Crippen molar-refractivity contribution in [1.29, 1.82) is 5.41 Å². The molecule has 0 atom stereocenters. The number of halogens is 3. The Morgan fingerprint density at radius 1 is 1.47 bits per heavy atom. The van der Waals surface area contributed by atoms with Crippen molar-refractivity contribution in [2.45, 2.75) is 13.0 Å². The summed E-state index contributed by atoms with van der Waals surface area (Å²) in [5.41, 5.74) is 6.11. The number of hydrogen-bond acceptors (Lipinski definition) is 2. The van der Waals surface area contributed by atoms with Gasteiger partial charge in [-0.15, -0.1) is 0 Å². The molecule has 1 aromatic carbocycles. The highest BCUT2D eigenvalue weighted by molar-refractivity contribution is 5.96. The smallest absolute Gasteiger partial charge is 0.251 e. The molecule has 1 rings (SSSR count). The summed E-state index contributed by atoms with van der Waals surface area (Å²) in [5, 5.41) is 7.30. The van der Waals surface area contributed by atoms with Gasteiger partial charge in [0.2, 0.25) is 0 Å². The molecule has 6 heteroatoms. The number of nitrogens with one attached hydrogen (secondary N) is 1. The van der Waals surface area contributed by atoms with E-state index < -0.39 is 12.2 Å². The van der Waals surface area contributed by atoms with E-state index in [-0.39, 0.29) is 24.5 Å². The van der Waals surface area contributed by atoms with Gasteiger partial charge in [0.25, 0.3) is 6.43 Å². The summed E-state index contributed by atoms with van der Waals surface area (Å²) in [6.07, 6.45) is -2.43. The largest absolute Gasteiger partial charge is 0.384 e. The molecule has 0 amide bonds. The molecule has 1 aromatic rings. The minimum atomic E-state index is -2.43. The van der Waals surface area contributed by atoms with E-state index in [0.717, 1.165) is 6.07 Å². The van der Waals surface area contributed by atoms with E-state index in [4.69, 9.17) is 11.1 Å². The molecule has 94 valence electrons. The molecule has 0 bridgehead atoms. The van der Waals surface area contributed by atoms with Crippen LogP contribution in [0.2, 0.25) is 0 Å². The molecule has 0 heterocycles. The van der Waals surface area contributed by atoms with Gasteiger partial charge in [-0.1, -0.05) is 6.07 Å². The summed E-state index contributed by atoms with van der Waals surface area (Å²) >= 11 is 0. The fraction of sp³-hybridized carbons (Fsp3) is 0.364. The lowest BCUT2D eigenvalue weighted by molar-refractivity contribution is 0.0975. The van der Waals surface area contributed by atoms with Crippen molar-refractivity contribution in [3.8, 4) is 0 Å². The molecule has 0 saturated heterocycles. The maximum absolute atomic E-state index is 13.0. The van der Waals surface area contributed by atoms with Gasteiger partial charge in [0.1, 0.15) is 11.7 Å². The molecule has 0 fully saturated rings. The maximum atomic E-state index is 13.0. The molecule has 0 saturated carbocycles. The Labute approximate surface area is 97.5 Å². The number of nitrogens with zero attached hydrogens (tertiary/aromatic N) is 1. The van der Waals surface area contributed by atoms with Crippen LogP contribution in [-0.4, -0.2) is 30.8 Å². The fourth-order valence-electron chi connectivity index (χ4n) is 1.53. The number of rotatable bonds is 5. The quantitative estimate of drug-likeness (QED) is 0.614. The molecule has 0 aliphatic heterocycles. The lowest BCUT2D eigenvalue weighted by Gasteiger charge is -2.18. The van der Waals surface area contributed by atoms with Crippen LogP contribution < -0.4 is 5.73 Å². The van der Waals surface area contributed by atoms with Crippen molar-refractivity contribution in [2.24, 2.45) is 5.73 Å². The Bertz CT molecular complexity index is 407. The number of alkyl halides is 2. The van der Waals surface area contributed by atoms with Crippen molar-refractivity contribution >= 4 is 5.84 Å². The minimum absolute atomic E-state index is 0.194. The summed E-state index contributed by atoms with van der Waals surface area (Å²) in [7, 11) is 1.53. The summed E-state index contributed by atoms with van der Waals surface area (Å²) in [4.78, 5) is 1.39. The summed E-state index contributed by atoms with van der Waals surface area (Å²) < 4.78 is 37.3. The van der Waals surface area contributed by atoms with Crippen molar-refractivity contribution in [1.82, 2.24) is 4.90 Å². The molecule has 0 aliphatic carbocycles. The Morgan fingerprint density at radius 3 is 2.65 bits per heavy atom. The van der Waals surface area contributed by atoms with Crippen molar-refractivity contribution < 1.29 is 13.2 Å². The predicted molar refractivity (Wildman–Crippen MR) is 59.8 cm³/mol. The van der Waals surface area contributed by atoms with Gasteiger partial charge >= 0.3 is 0 Å². The van der Waals surface area contributed by atoms with Crippen LogP contribution in [0.3, 0.4) is 0 Å². The van der Waals surface area contributed by atoms with E-state index in [9.17, 15) is 13.2 Å². The van der Waals surface area contributed by atoms with Gasteiger partial charge in [-0.3, -0.25) is 10.3 Å². The topological polar surface area (TPSA) is 53.1 Å². The van der Waals surface area contributed by atoms with Crippen molar-refractivity contribution in [3.63, 3.8) is 0 Å². The third kappa shape index (κ3) is 4.07. The Hall–Kier alpha value is -1.56. The van der Waals surface area contributed by atoms with Gasteiger partial charge in [0.15, 0.2) is 0 Å². The summed E-state index contributed by atoms with van der Waals surface area (Å²) in [6.45, 7) is -0.186. The molecule has 0 radical (unpaired) electrons. The van der Waals surface area contributed by atoms with E-state index in [1.165, 1.54) is 24.1 Å². The van der Waals surface area contributed by atoms with Gasteiger partial charge in [-0.05, 0) is 24.7 Å². The van der Waals surface area contributed by atoms with Crippen LogP contribution in [0.5, 0.6) is 0 Å². The summed E-state index contributed by atoms with van der Waals surface area (Å²) in [5.74, 6) is -0.777. The molecule has 3 N–H and O–H groups in total. The molecule has 0 aromatic heterocycles. The monoisotopic (exact) mass is 245 g/mol. The van der Waals surface area contributed by atoms with Gasteiger partial charge in [0, 0.05) is 12.1 Å². The lowest BCUT2D eigenvalue weighted by Crippen LogP contribution is -2.26. The van der Waals surface area contributed by atoms with Gasteiger partial charge in [-0.2, -0.15) is 0 Å². The zero-order valence-corrected chi connectivity index (χ0v) is 9.38.